The number of carbonyl (C=O) groups is 1. The van der Waals surface area contributed by atoms with Gasteiger partial charge in [0.1, 0.15) is 0 Å². The van der Waals surface area contributed by atoms with Gasteiger partial charge < -0.3 is 10.2 Å². The van der Waals surface area contributed by atoms with E-state index in [0.29, 0.717) is 6.54 Å². The minimum absolute atomic E-state index is 0.0370. The molecule has 1 atom stereocenters. The Hall–Kier alpha value is -0.980. The van der Waals surface area contributed by atoms with E-state index in [1.165, 1.54) is 0 Å². The van der Waals surface area contributed by atoms with Crippen molar-refractivity contribution in [2.24, 2.45) is 0 Å². The Kier molecular flexibility index (Phi) is 5.30. The van der Waals surface area contributed by atoms with Gasteiger partial charge in [-0.15, -0.1) is 11.3 Å². The van der Waals surface area contributed by atoms with E-state index in [-0.39, 0.29) is 11.9 Å². The van der Waals surface area contributed by atoms with Gasteiger partial charge in [0, 0.05) is 50.7 Å². The third-order valence-corrected chi connectivity index (χ3v) is 4.43. The second kappa shape index (κ2) is 6.98. The van der Waals surface area contributed by atoms with Crippen molar-refractivity contribution in [2.45, 2.75) is 19.4 Å². The molecule has 106 valence electrons. The molecule has 1 saturated heterocycles. The summed E-state index contributed by atoms with van der Waals surface area (Å²) in [5, 5.41) is 6.04. The van der Waals surface area contributed by atoms with E-state index in [1.54, 1.807) is 17.5 Å². The maximum Gasteiger partial charge on any atom is 0.237 e. The number of nitrogens with zero attached hydrogens (tertiary/aromatic N) is 3. The molecule has 1 fully saturated rings. The van der Waals surface area contributed by atoms with Crippen LogP contribution in [0.2, 0.25) is 0 Å². The first-order chi connectivity index (χ1) is 9.16. The molecule has 0 aliphatic carbocycles. The number of piperazine rings is 1. The third-order valence-electron chi connectivity index (χ3n) is 3.59. The average molecular weight is 282 g/mol. The lowest BCUT2D eigenvalue weighted by Gasteiger charge is -2.35. The molecular formula is C13H22N4OS. The molecule has 1 aromatic heterocycles. The van der Waals surface area contributed by atoms with Gasteiger partial charge in [0.15, 0.2) is 0 Å². The summed E-state index contributed by atoms with van der Waals surface area (Å²) < 4.78 is 0. The zero-order valence-corrected chi connectivity index (χ0v) is 12.4. The minimum atomic E-state index is -0.0370. The van der Waals surface area contributed by atoms with Gasteiger partial charge >= 0.3 is 0 Å². The van der Waals surface area contributed by atoms with Crippen LogP contribution in [0.3, 0.4) is 0 Å². The molecule has 6 heteroatoms. The molecule has 1 N–H and O–H groups in total. The molecule has 0 unspecified atom stereocenters. The average Bonchev–Trinajstić information content (AvgIpc) is 2.92. The van der Waals surface area contributed by atoms with Gasteiger partial charge in [-0.25, -0.2) is 4.98 Å². The summed E-state index contributed by atoms with van der Waals surface area (Å²) in [4.78, 5) is 20.8. The summed E-state index contributed by atoms with van der Waals surface area (Å²) in [6.07, 6.45) is 2.62. The highest BCUT2D eigenvalue weighted by Crippen LogP contribution is 2.06. The fraction of sp³-hybridized carbons (Fsp3) is 0.692. The van der Waals surface area contributed by atoms with Gasteiger partial charge in [-0.1, -0.05) is 0 Å². The molecule has 1 aliphatic heterocycles. The molecule has 2 heterocycles. The quantitative estimate of drug-likeness (QED) is 0.851. The van der Waals surface area contributed by atoms with Crippen LogP contribution in [-0.4, -0.2) is 66.5 Å². The van der Waals surface area contributed by atoms with Gasteiger partial charge in [0.25, 0.3) is 0 Å². The Morgan fingerprint density at radius 1 is 1.47 bits per heavy atom. The molecule has 0 spiro atoms. The van der Waals surface area contributed by atoms with Crippen LogP contribution >= 0.6 is 11.3 Å². The van der Waals surface area contributed by atoms with E-state index in [9.17, 15) is 4.79 Å². The van der Waals surface area contributed by atoms with E-state index in [1.807, 2.05) is 12.3 Å². The predicted octanol–water partition coefficient (Wildman–Crippen LogP) is 0.438. The van der Waals surface area contributed by atoms with E-state index in [2.05, 4.69) is 27.1 Å². The lowest BCUT2D eigenvalue weighted by Crippen LogP contribution is -2.53. The van der Waals surface area contributed by atoms with Crippen LogP contribution in [0.4, 0.5) is 0 Å². The van der Waals surface area contributed by atoms with E-state index in [4.69, 9.17) is 0 Å². The first-order valence-electron chi connectivity index (χ1n) is 6.75. The summed E-state index contributed by atoms with van der Waals surface area (Å²) in [7, 11) is 2.12. The lowest BCUT2D eigenvalue weighted by atomic mass is 10.2. The topological polar surface area (TPSA) is 48.5 Å². The van der Waals surface area contributed by atoms with Crippen LogP contribution in [0, 0.1) is 0 Å². The number of rotatable bonds is 5. The van der Waals surface area contributed by atoms with Crippen molar-refractivity contribution in [1.82, 2.24) is 20.1 Å². The number of hydrogen-bond donors (Lipinski definition) is 1. The molecule has 5 nitrogen and oxygen atoms in total. The minimum Gasteiger partial charge on any atom is -0.354 e. The maximum absolute atomic E-state index is 12.1. The smallest absolute Gasteiger partial charge is 0.237 e. The second-order valence-corrected chi connectivity index (χ2v) is 5.96. The van der Waals surface area contributed by atoms with Crippen LogP contribution in [0.15, 0.2) is 11.6 Å². The summed E-state index contributed by atoms with van der Waals surface area (Å²) in [6, 6.07) is -0.0370. The fourth-order valence-electron chi connectivity index (χ4n) is 2.19. The van der Waals surface area contributed by atoms with Crippen molar-refractivity contribution < 1.29 is 4.79 Å². The Morgan fingerprint density at radius 2 is 2.21 bits per heavy atom. The highest BCUT2D eigenvalue weighted by molar-refractivity contribution is 7.09. The molecule has 0 radical (unpaired) electrons. The fourth-order valence-corrected chi connectivity index (χ4v) is 2.81. The largest absolute Gasteiger partial charge is 0.354 e. The highest BCUT2D eigenvalue weighted by Gasteiger charge is 2.23. The number of nitrogens with one attached hydrogen (secondary N) is 1. The SMILES string of the molecule is C[C@H](C(=O)NCCc1nccs1)N1CCN(C)CC1. The normalized spacial score (nSPS) is 19.3. The van der Waals surface area contributed by atoms with Gasteiger partial charge in [-0.3, -0.25) is 9.69 Å². The van der Waals surface area contributed by atoms with Crippen LogP contribution in [0.5, 0.6) is 0 Å². The van der Waals surface area contributed by atoms with E-state index < -0.39 is 0 Å². The molecule has 1 amide bonds. The van der Waals surface area contributed by atoms with Gasteiger partial charge in [0.05, 0.1) is 11.0 Å². The van der Waals surface area contributed by atoms with Gasteiger partial charge in [-0.05, 0) is 14.0 Å². The van der Waals surface area contributed by atoms with Crippen LogP contribution in [0.1, 0.15) is 11.9 Å². The van der Waals surface area contributed by atoms with E-state index in [0.717, 1.165) is 37.6 Å². The second-order valence-electron chi connectivity index (χ2n) is 4.98. The number of amides is 1. The first kappa shape index (κ1) is 14.4. The number of likely N-dealkylation sites (N-methyl/N-ethyl adjacent to an activating group) is 1. The molecule has 1 aromatic rings. The van der Waals surface area contributed by atoms with Crippen molar-refractivity contribution >= 4 is 17.2 Å². The molecule has 0 saturated carbocycles. The van der Waals surface area contributed by atoms with Gasteiger partial charge in [-0.2, -0.15) is 0 Å². The highest BCUT2D eigenvalue weighted by atomic mass is 32.1. The Balaban J connectivity index is 1.70. The molecule has 1 aliphatic rings. The maximum atomic E-state index is 12.1. The summed E-state index contributed by atoms with van der Waals surface area (Å²) in [6.45, 7) is 6.68. The molecule has 2 rings (SSSR count). The summed E-state index contributed by atoms with van der Waals surface area (Å²) >= 11 is 1.63. The van der Waals surface area contributed by atoms with Crippen LogP contribution in [-0.2, 0) is 11.2 Å². The standard InChI is InChI=1S/C13H22N4OS/c1-11(17-8-6-16(2)7-9-17)13(18)15-4-3-12-14-5-10-19-12/h5,10-11H,3-4,6-9H2,1-2H3,(H,15,18)/t11-/m1/s1. The number of aromatic nitrogens is 1. The summed E-state index contributed by atoms with van der Waals surface area (Å²) in [5.74, 6) is 0.126. The van der Waals surface area contributed by atoms with Crippen LogP contribution < -0.4 is 5.32 Å². The van der Waals surface area contributed by atoms with E-state index >= 15 is 0 Å². The predicted molar refractivity (Wildman–Crippen MR) is 77.4 cm³/mol. The lowest BCUT2D eigenvalue weighted by molar-refractivity contribution is -0.126. The number of thiazole rings is 1. The zero-order chi connectivity index (χ0) is 13.7. The van der Waals surface area contributed by atoms with Gasteiger partial charge in [0.2, 0.25) is 5.91 Å². The Morgan fingerprint density at radius 3 is 2.84 bits per heavy atom. The van der Waals surface area contributed by atoms with Crippen molar-refractivity contribution in [3.8, 4) is 0 Å². The molecule has 0 bridgehead atoms. The monoisotopic (exact) mass is 282 g/mol. The number of hydrogen-bond acceptors (Lipinski definition) is 5. The molecule has 19 heavy (non-hydrogen) atoms. The van der Waals surface area contributed by atoms with Crippen molar-refractivity contribution in [3.05, 3.63) is 16.6 Å². The Labute approximate surface area is 118 Å². The first-order valence-corrected chi connectivity index (χ1v) is 7.63. The van der Waals surface area contributed by atoms with Crippen molar-refractivity contribution in [1.29, 1.82) is 0 Å². The molecule has 0 aromatic carbocycles. The molecular weight excluding hydrogens is 260 g/mol. The third kappa shape index (κ3) is 4.26. The summed E-state index contributed by atoms with van der Waals surface area (Å²) in [5.41, 5.74) is 0. The van der Waals surface area contributed by atoms with Crippen molar-refractivity contribution in [2.75, 3.05) is 39.8 Å². The Bertz CT molecular complexity index is 387. The number of carbonyl (C=O) groups excluding carboxylic acids is 1. The van der Waals surface area contributed by atoms with Crippen molar-refractivity contribution in [3.63, 3.8) is 0 Å². The van der Waals surface area contributed by atoms with Crippen LogP contribution in [0.25, 0.3) is 0 Å². The zero-order valence-electron chi connectivity index (χ0n) is 11.6.